The molecule has 0 unspecified atom stereocenters. The van der Waals surface area contributed by atoms with Gasteiger partial charge in [0, 0.05) is 24.5 Å². The number of carbonyl (C=O) groups is 1. The molecule has 0 aliphatic carbocycles. The van der Waals surface area contributed by atoms with Crippen molar-refractivity contribution in [1.82, 2.24) is 4.98 Å². The number of carbonyl (C=O) groups excluding carboxylic acids is 1. The summed E-state index contributed by atoms with van der Waals surface area (Å²) in [6, 6.07) is 14.1. The van der Waals surface area contributed by atoms with E-state index in [9.17, 15) is 14.9 Å². The summed E-state index contributed by atoms with van der Waals surface area (Å²) in [5, 5.41) is 14.9. The van der Waals surface area contributed by atoms with Crippen molar-refractivity contribution in [2.75, 3.05) is 12.5 Å². The first kappa shape index (κ1) is 19.5. The highest BCUT2D eigenvalue weighted by Gasteiger charge is 2.12. The highest BCUT2D eigenvalue weighted by molar-refractivity contribution is 5.91. The molecule has 29 heavy (non-hydrogen) atoms. The third-order valence-electron chi connectivity index (χ3n) is 3.75. The maximum atomic E-state index is 12.2. The molecule has 0 spiro atoms. The van der Waals surface area contributed by atoms with Crippen LogP contribution in [0.4, 0.5) is 11.4 Å². The fourth-order valence-electron chi connectivity index (χ4n) is 2.36. The van der Waals surface area contributed by atoms with Gasteiger partial charge in [0.05, 0.1) is 29.5 Å². The number of esters is 1. The zero-order valence-corrected chi connectivity index (χ0v) is 15.3. The van der Waals surface area contributed by atoms with Gasteiger partial charge in [-0.3, -0.25) is 20.5 Å². The molecule has 0 fully saturated rings. The number of hydrogen-bond acceptors (Lipinski definition) is 8. The lowest BCUT2D eigenvalue weighted by Gasteiger charge is -2.09. The van der Waals surface area contributed by atoms with Gasteiger partial charge in [0.25, 0.3) is 5.69 Å². The van der Waals surface area contributed by atoms with Gasteiger partial charge < -0.3 is 9.47 Å². The number of ether oxygens (including phenoxy) is 2. The molecule has 0 radical (unpaired) electrons. The van der Waals surface area contributed by atoms with Crippen LogP contribution in [0.2, 0.25) is 0 Å². The number of non-ortho nitro benzene ring substituents is 1. The Bertz CT molecular complexity index is 1050. The summed E-state index contributed by atoms with van der Waals surface area (Å²) in [6.07, 6.45) is 4.48. The predicted molar refractivity (Wildman–Crippen MR) is 107 cm³/mol. The minimum absolute atomic E-state index is 0.0355. The molecular weight excluding hydrogens is 376 g/mol. The Balaban J connectivity index is 1.70. The van der Waals surface area contributed by atoms with Crippen molar-refractivity contribution >= 4 is 23.6 Å². The summed E-state index contributed by atoms with van der Waals surface area (Å²) < 4.78 is 10.6. The van der Waals surface area contributed by atoms with Crippen LogP contribution in [-0.2, 0) is 0 Å². The number of aromatic nitrogens is 1. The second-order valence-electron chi connectivity index (χ2n) is 5.72. The van der Waals surface area contributed by atoms with Crippen molar-refractivity contribution < 1.29 is 19.2 Å². The number of pyridine rings is 1. The Morgan fingerprint density at radius 1 is 1.17 bits per heavy atom. The molecule has 1 aromatic heterocycles. The highest BCUT2D eigenvalue weighted by Crippen LogP contribution is 2.28. The van der Waals surface area contributed by atoms with Crippen molar-refractivity contribution in [2.45, 2.75) is 0 Å². The van der Waals surface area contributed by atoms with Crippen LogP contribution in [-0.4, -0.2) is 29.2 Å². The van der Waals surface area contributed by atoms with Crippen molar-refractivity contribution in [1.29, 1.82) is 0 Å². The van der Waals surface area contributed by atoms with Crippen LogP contribution in [0.25, 0.3) is 0 Å². The first-order valence-corrected chi connectivity index (χ1v) is 8.40. The number of nitro benzene ring substituents is 1. The molecule has 146 valence electrons. The number of rotatable bonds is 7. The molecule has 0 amide bonds. The number of benzene rings is 2. The highest BCUT2D eigenvalue weighted by atomic mass is 16.6. The Morgan fingerprint density at radius 2 is 2.03 bits per heavy atom. The Kier molecular flexibility index (Phi) is 6.11. The molecule has 1 heterocycles. The second-order valence-corrected chi connectivity index (χ2v) is 5.72. The van der Waals surface area contributed by atoms with Crippen LogP contribution in [0.1, 0.15) is 15.9 Å². The van der Waals surface area contributed by atoms with Gasteiger partial charge in [-0.15, -0.1) is 0 Å². The number of nitrogens with one attached hydrogen (secondary N) is 1. The van der Waals surface area contributed by atoms with Gasteiger partial charge in [0.2, 0.25) is 0 Å². The summed E-state index contributed by atoms with van der Waals surface area (Å²) >= 11 is 0. The Morgan fingerprint density at radius 3 is 2.76 bits per heavy atom. The summed E-state index contributed by atoms with van der Waals surface area (Å²) in [5.41, 5.74) is 4.16. The predicted octanol–water partition coefficient (Wildman–Crippen LogP) is 3.66. The number of methoxy groups -OCH3 is 1. The van der Waals surface area contributed by atoms with Gasteiger partial charge in [-0.1, -0.05) is 6.07 Å². The molecule has 3 aromatic rings. The van der Waals surface area contributed by atoms with Crippen LogP contribution in [0.15, 0.2) is 72.1 Å². The molecule has 3 rings (SSSR count). The topological polar surface area (TPSA) is 116 Å². The van der Waals surface area contributed by atoms with Crippen molar-refractivity contribution in [3.63, 3.8) is 0 Å². The maximum absolute atomic E-state index is 12.2. The molecule has 0 aliphatic rings. The smallest absolute Gasteiger partial charge is 0.345 e. The van der Waals surface area contributed by atoms with Gasteiger partial charge in [-0.05, 0) is 42.0 Å². The average Bonchev–Trinajstić information content (AvgIpc) is 2.75. The number of nitro groups is 1. The molecule has 0 bridgehead atoms. The summed E-state index contributed by atoms with van der Waals surface area (Å²) in [6.45, 7) is 0. The van der Waals surface area contributed by atoms with E-state index in [0.29, 0.717) is 22.6 Å². The fourth-order valence-corrected chi connectivity index (χ4v) is 2.36. The zero-order valence-electron chi connectivity index (χ0n) is 15.3. The van der Waals surface area contributed by atoms with E-state index in [4.69, 9.17) is 9.47 Å². The Labute approximate surface area is 165 Å². The third-order valence-corrected chi connectivity index (χ3v) is 3.75. The number of hydrogen-bond donors (Lipinski definition) is 1. The van der Waals surface area contributed by atoms with E-state index in [1.54, 1.807) is 48.7 Å². The lowest BCUT2D eigenvalue weighted by molar-refractivity contribution is -0.384. The summed E-state index contributed by atoms with van der Waals surface area (Å²) in [7, 11) is 1.46. The number of hydrazone groups is 1. The zero-order chi connectivity index (χ0) is 20.6. The van der Waals surface area contributed by atoms with Crippen LogP contribution < -0.4 is 14.9 Å². The standard InChI is InChI=1S/C20H16N4O5/c1-28-19-10-14(12-22-23-16-5-2-6-17(11-16)24(26)27)7-8-18(19)29-20(25)15-4-3-9-21-13-15/h2-13,23H,1H3/b22-12-. The second kappa shape index (κ2) is 9.09. The van der Waals surface area contributed by atoms with Crippen LogP contribution >= 0.6 is 0 Å². The summed E-state index contributed by atoms with van der Waals surface area (Å²) in [4.78, 5) is 26.4. The van der Waals surface area contributed by atoms with Crippen LogP contribution in [0.3, 0.4) is 0 Å². The average molecular weight is 392 g/mol. The first-order valence-electron chi connectivity index (χ1n) is 8.40. The van der Waals surface area contributed by atoms with Crippen LogP contribution in [0, 0.1) is 10.1 Å². The van der Waals surface area contributed by atoms with Gasteiger partial charge in [0.15, 0.2) is 11.5 Å². The molecule has 1 N–H and O–H groups in total. The van der Waals surface area contributed by atoms with Gasteiger partial charge >= 0.3 is 5.97 Å². The van der Waals surface area contributed by atoms with E-state index >= 15 is 0 Å². The van der Waals surface area contributed by atoms with Crippen molar-refractivity contribution in [3.05, 3.63) is 88.2 Å². The molecule has 0 saturated heterocycles. The monoisotopic (exact) mass is 392 g/mol. The van der Waals surface area contributed by atoms with Crippen molar-refractivity contribution in [2.24, 2.45) is 5.10 Å². The Hall–Kier alpha value is -4.27. The number of anilines is 1. The van der Waals surface area contributed by atoms with E-state index in [-0.39, 0.29) is 11.4 Å². The molecular formula is C20H16N4O5. The molecule has 9 heteroatoms. The number of nitrogens with zero attached hydrogens (tertiary/aromatic N) is 3. The minimum atomic E-state index is -0.551. The van der Waals surface area contributed by atoms with E-state index in [1.165, 1.54) is 31.7 Å². The first-order chi connectivity index (χ1) is 14.1. The lowest BCUT2D eigenvalue weighted by Crippen LogP contribution is -2.09. The van der Waals surface area contributed by atoms with Gasteiger partial charge in [-0.25, -0.2) is 4.79 Å². The largest absolute Gasteiger partial charge is 0.493 e. The van der Waals surface area contributed by atoms with Gasteiger partial charge in [0.1, 0.15) is 0 Å². The van der Waals surface area contributed by atoms with E-state index in [0.717, 1.165) is 0 Å². The molecule has 2 aromatic carbocycles. The lowest BCUT2D eigenvalue weighted by atomic mass is 10.2. The molecule has 0 aliphatic heterocycles. The van der Waals surface area contributed by atoms with Crippen LogP contribution in [0.5, 0.6) is 11.5 Å². The normalized spacial score (nSPS) is 10.5. The van der Waals surface area contributed by atoms with E-state index in [2.05, 4.69) is 15.5 Å². The SMILES string of the molecule is COc1cc(/C=N\Nc2cccc([N+](=O)[O-])c2)ccc1OC(=O)c1cccnc1. The maximum Gasteiger partial charge on any atom is 0.345 e. The molecule has 0 saturated carbocycles. The van der Waals surface area contributed by atoms with Gasteiger partial charge in [-0.2, -0.15) is 5.10 Å². The minimum Gasteiger partial charge on any atom is -0.493 e. The molecule has 0 atom stereocenters. The third kappa shape index (κ3) is 5.13. The van der Waals surface area contributed by atoms with E-state index < -0.39 is 10.9 Å². The fraction of sp³-hybridized carbons (Fsp3) is 0.0500. The summed E-state index contributed by atoms with van der Waals surface area (Å²) in [5.74, 6) is 0.0526. The van der Waals surface area contributed by atoms with E-state index in [1.807, 2.05) is 0 Å². The quantitative estimate of drug-likeness (QED) is 0.214. The molecule has 9 nitrogen and oxygen atoms in total. The van der Waals surface area contributed by atoms with Crippen molar-refractivity contribution in [3.8, 4) is 11.5 Å².